The Morgan fingerprint density at radius 2 is 1.96 bits per heavy atom. The molecule has 1 aliphatic heterocycles. The fourth-order valence-corrected chi connectivity index (χ4v) is 3.37. The Morgan fingerprint density at radius 3 is 2.85 bits per heavy atom. The number of thioether (sulfide) groups is 1. The molecule has 2 heterocycles. The quantitative estimate of drug-likeness (QED) is 0.673. The van der Waals surface area contributed by atoms with Gasteiger partial charge in [0, 0.05) is 17.9 Å². The third-order valence-corrected chi connectivity index (χ3v) is 4.95. The smallest absolute Gasteiger partial charge is 0.231 e. The monoisotopic (exact) mass is 382 g/mol. The standard InChI is InChI=1S/C20H18N2O4S/c23-19(21-9-14-6-7-17-18(8-14)26-13-25-17)12-27-11-16-10-24-20(22-16)15-4-2-1-3-5-15/h1-8,10H,9,11-13H2,(H,21,23). The van der Waals surface area contributed by atoms with E-state index in [4.69, 9.17) is 13.9 Å². The topological polar surface area (TPSA) is 73.6 Å². The summed E-state index contributed by atoms with van der Waals surface area (Å²) in [5.74, 6) is 3.01. The second-order valence-electron chi connectivity index (χ2n) is 5.97. The van der Waals surface area contributed by atoms with Crippen molar-refractivity contribution in [2.75, 3.05) is 12.5 Å². The Hall–Kier alpha value is -2.93. The van der Waals surface area contributed by atoms with Crippen LogP contribution in [-0.2, 0) is 17.1 Å². The molecule has 0 unspecified atom stereocenters. The van der Waals surface area contributed by atoms with E-state index in [0.29, 0.717) is 23.9 Å². The SMILES string of the molecule is O=C(CSCc1coc(-c2ccccc2)n1)NCc1ccc2c(c1)OCO2. The van der Waals surface area contributed by atoms with Crippen molar-refractivity contribution in [1.29, 1.82) is 0 Å². The van der Waals surface area contributed by atoms with Crippen LogP contribution in [0.2, 0.25) is 0 Å². The minimum absolute atomic E-state index is 0.0237. The Bertz CT molecular complexity index is 927. The van der Waals surface area contributed by atoms with Gasteiger partial charge in [-0.15, -0.1) is 11.8 Å². The first-order valence-corrected chi connectivity index (χ1v) is 9.66. The summed E-state index contributed by atoms with van der Waals surface area (Å²) in [6.07, 6.45) is 1.64. The Labute approximate surface area is 160 Å². The molecular weight excluding hydrogens is 364 g/mol. The molecule has 0 radical (unpaired) electrons. The third kappa shape index (κ3) is 4.43. The van der Waals surface area contributed by atoms with Gasteiger partial charge in [0.2, 0.25) is 18.6 Å². The molecule has 1 aromatic heterocycles. The summed E-state index contributed by atoms with van der Waals surface area (Å²) in [5.41, 5.74) is 2.74. The highest BCUT2D eigenvalue weighted by atomic mass is 32.2. The second kappa shape index (κ2) is 8.18. The molecule has 2 aromatic carbocycles. The highest BCUT2D eigenvalue weighted by Crippen LogP contribution is 2.32. The first kappa shape index (κ1) is 17.5. The molecule has 7 heteroatoms. The zero-order valence-corrected chi connectivity index (χ0v) is 15.3. The number of hydrogen-bond acceptors (Lipinski definition) is 6. The van der Waals surface area contributed by atoms with Gasteiger partial charge in [-0.2, -0.15) is 0 Å². The lowest BCUT2D eigenvalue weighted by Gasteiger charge is -2.06. The van der Waals surface area contributed by atoms with Crippen molar-refractivity contribution in [2.45, 2.75) is 12.3 Å². The van der Waals surface area contributed by atoms with Crippen molar-refractivity contribution in [1.82, 2.24) is 10.3 Å². The Balaban J connectivity index is 1.21. The van der Waals surface area contributed by atoms with Crippen molar-refractivity contribution >= 4 is 17.7 Å². The minimum atomic E-state index is -0.0237. The molecule has 0 saturated heterocycles. The van der Waals surface area contributed by atoms with E-state index >= 15 is 0 Å². The largest absolute Gasteiger partial charge is 0.454 e. The molecule has 4 rings (SSSR count). The predicted octanol–water partition coefficient (Wildman–Crippen LogP) is 3.62. The number of nitrogens with zero attached hydrogens (tertiary/aromatic N) is 1. The summed E-state index contributed by atoms with van der Waals surface area (Å²) in [5, 5.41) is 2.91. The number of amides is 1. The van der Waals surface area contributed by atoms with Crippen LogP contribution in [0.4, 0.5) is 0 Å². The van der Waals surface area contributed by atoms with Crippen LogP contribution < -0.4 is 14.8 Å². The molecule has 6 nitrogen and oxygen atoms in total. The van der Waals surface area contributed by atoms with Crippen LogP contribution in [0.5, 0.6) is 11.5 Å². The third-order valence-electron chi connectivity index (χ3n) is 3.98. The van der Waals surface area contributed by atoms with Gasteiger partial charge >= 0.3 is 0 Å². The van der Waals surface area contributed by atoms with Gasteiger partial charge in [-0.05, 0) is 29.8 Å². The summed E-state index contributed by atoms with van der Waals surface area (Å²) in [7, 11) is 0. The highest BCUT2D eigenvalue weighted by Gasteiger charge is 2.13. The molecule has 0 saturated carbocycles. The molecular formula is C20H18N2O4S. The molecule has 3 aromatic rings. The molecule has 0 bridgehead atoms. The lowest BCUT2D eigenvalue weighted by Crippen LogP contribution is -2.24. The molecule has 1 N–H and O–H groups in total. The fraction of sp³-hybridized carbons (Fsp3) is 0.200. The van der Waals surface area contributed by atoms with E-state index in [1.165, 1.54) is 11.8 Å². The number of nitrogens with one attached hydrogen (secondary N) is 1. The number of carbonyl (C=O) groups excluding carboxylic acids is 1. The minimum Gasteiger partial charge on any atom is -0.454 e. The van der Waals surface area contributed by atoms with E-state index in [2.05, 4.69) is 10.3 Å². The van der Waals surface area contributed by atoms with E-state index in [0.717, 1.165) is 28.3 Å². The number of oxazole rings is 1. The maximum atomic E-state index is 12.0. The lowest BCUT2D eigenvalue weighted by molar-refractivity contribution is -0.118. The van der Waals surface area contributed by atoms with Gasteiger partial charge in [-0.1, -0.05) is 24.3 Å². The zero-order chi connectivity index (χ0) is 18.5. The van der Waals surface area contributed by atoms with Crippen LogP contribution in [0.1, 0.15) is 11.3 Å². The number of hydrogen-bond donors (Lipinski definition) is 1. The van der Waals surface area contributed by atoms with E-state index in [1.807, 2.05) is 48.5 Å². The number of aromatic nitrogens is 1. The fourth-order valence-electron chi connectivity index (χ4n) is 2.64. The Morgan fingerprint density at radius 1 is 1.11 bits per heavy atom. The molecule has 1 aliphatic rings. The Kier molecular flexibility index (Phi) is 5.29. The molecule has 0 spiro atoms. The van der Waals surface area contributed by atoms with Crippen molar-refractivity contribution in [3.05, 3.63) is 66.1 Å². The van der Waals surface area contributed by atoms with Crippen LogP contribution in [0, 0.1) is 0 Å². The number of ether oxygens (including phenoxy) is 2. The van der Waals surface area contributed by atoms with Gasteiger partial charge in [-0.25, -0.2) is 4.98 Å². The van der Waals surface area contributed by atoms with Crippen LogP contribution in [0.25, 0.3) is 11.5 Å². The molecule has 1 amide bonds. The summed E-state index contributed by atoms with van der Waals surface area (Å²) >= 11 is 1.50. The first-order chi connectivity index (χ1) is 13.3. The summed E-state index contributed by atoms with van der Waals surface area (Å²) in [6.45, 7) is 0.702. The average Bonchev–Trinajstić information content (AvgIpc) is 3.36. The normalized spacial score (nSPS) is 12.1. The zero-order valence-electron chi connectivity index (χ0n) is 14.5. The van der Waals surface area contributed by atoms with Gasteiger partial charge < -0.3 is 19.2 Å². The van der Waals surface area contributed by atoms with E-state index < -0.39 is 0 Å². The van der Waals surface area contributed by atoms with Crippen LogP contribution in [0.15, 0.2) is 59.2 Å². The molecule has 0 fully saturated rings. The van der Waals surface area contributed by atoms with Crippen molar-refractivity contribution in [3.8, 4) is 23.0 Å². The lowest BCUT2D eigenvalue weighted by atomic mass is 10.2. The van der Waals surface area contributed by atoms with E-state index in [1.54, 1.807) is 6.26 Å². The molecule has 138 valence electrons. The predicted molar refractivity (Wildman–Crippen MR) is 103 cm³/mol. The average molecular weight is 382 g/mol. The highest BCUT2D eigenvalue weighted by molar-refractivity contribution is 7.99. The molecule has 0 atom stereocenters. The number of carbonyl (C=O) groups is 1. The maximum Gasteiger partial charge on any atom is 0.231 e. The van der Waals surface area contributed by atoms with Crippen molar-refractivity contribution in [2.24, 2.45) is 0 Å². The number of rotatable bonds is 7. The number of fused-ring (bicyclic) bond motifs is 1. The van der Waals surface area contributed by atoms with Gasteiger partial charge in [0.25, 0.3) is 0 Å². The van der Waals surface area contributed by atoms with Crippen LogP contribution in [0.3, 0.4) is 0 Å². The van der Waals surface area contributed by atoms with Crippen LogP contribution >= 0.6 is 11.8 Å². The maximum absolute atomic E-state index is 12.0. The van der Waals surface area contributed by atoms with E-state index in [-0.39, 0.29) is 12.7 Å². The number of benzene rings is 2. The van der Waals surface area contributed by atoms with Gasteiger partial charge in [-0.3, -0.25) is 4.79 Å². The van der Waals surface area contributed by atoms with E-state index in [9.17, 15) is 4.79 Å². The first-order valence-electron chi connectivity index (χ1n) is 8.51. The van der Waals surface area contributed by atoms with Gasteiger partial charge in [0.15, 0.2) is 11.5 Å². The second-order valence-corrected chi connectivity index (χ2v) is 6.95. The van der Waals surface area contributed by atoms with Crippen molar-refractivity contribution in [3.63, 3.8) is 0 Å². The van der Waals surface area contributed by atoms with Gasteiger partial charge in [0.05, 0.1) is 11.4 Å². The van der Waals surface area contributed by atoms with Crippen molar-refractivity contribution < 1.29 is 18.7 Å². The summed E-state index contributed by atoms with van der Waals surface area (Å²) in [6, 6.07) is 15.4. The summed E-state index contributed by atoms with van der Waals surface area (Å²) < 4.78 is 16.1. The molecule has 0 aliphatic carbocycles. The van der Waals surface area contributed by atoms with Gasteiger partial charge in [0.1, 0.15) is 6.26 Å². The molecule has 27 heavy (non-hydrogen) atoms. The van der Waals surface area contributed by atoms with Crippen LogP contribution in [-0.4, -0.2) is 23.4 Å². The summed E-state index contributed by atoms with van der Waals surface area (Å²) in [4.78, 5) is 16.5.